The molecule has 0 amide bonds. The molecule has 0 rings (SSSR count). The smallest absolute Gasteiger partial charge is 0.412 e. The summed E-state index contributed by atoms with van der Waals surface area (Å²) in [5.41, 5.74) is 0. The van der Waals surface area contributed by atoms with Crippen LogP contribution in [-0.2, 0) is 22.5 Å². The van der Waals surface area contributed by atoms with Crippen molar-refractivity contribution in [2.75, 3.05) is 7.11 Å². The maximum absolute atomic E-state index is 11.0. The Balaban J connectivity index is 4.45. The summed E-state index contributed by atoms with van der Waals surface area (Å²) in [6.07, 6.45) is 0.694. The third-order valence-corrected chi connectivity index (χ3v) is 3.14. The van der Waals surface area contributed by atoms with E-state index in [1.54, 1.807) is 0 Å². The van der Waals surface area contributed by atoms with Crippen molar-refractivity contribution in [3.05, 3.63) is 12.8 Å². The van der Waals surface area contributed by atoms with E-state index in [2.05, 4.69) is 19.9 Å². The molecule has 0 aromatic heterocycles. The first-order chi connectivity index (χ1) is 5.33. The molecular weight excluding hydrogens is 210 g/mol. The van der Waals surface area contributed by atoms with Gasteiger partial charge in [-0.05, 0) is 0 Å². The Morgan fingerprint density at radius 1 is 1.42 bits per heavy atom. The van der Waals surface area contributed by atoms with Crippen LogP contribution in [-0.4, -0.2) is 16.9 Å². The molecule has 0 aliphatic heterocycles. The second-order valence-corrected chi connectivity index (χ2v) is 4.58. The number of phosphoric ester groups is 1. The lowest BCUT2D eigenvalue weighted by Gasteiger charge is -2.13. The van der Waals surface area contributed by atoms with E-state index in [0.29, 0.717) is 6.26 Å². The molecule has 0 heterocycles. The van der Waals surface area contributed by atoms with Crippen LogP contribution in [0.25, 0.3) is 0 Å². The van der Waals surface area contributed by atoms with E-state index >= 15 is 0 Å². The summed E-state index contributed by atoms with van der Waals surface area (Å²) in [6.45, 7) is 3.02. The van der Waals surface area contributed by atoms with Gasteiger partial charge in [-0.1, -0.05) is 6.58 Å². The number of hydrogen-bond acceptors (Lipinski definition) is 5. The molecule has 0 aromatic carbocycles. The van der Waals surface area contributed by atoms with Crippen molar-refractivity contribution in [3.8, 4) is 0 Å². The third-order valence-electron chi connectivity index (χ3n) is 0.634. The topological polar surface area (TPSA) is 102 Å². The highest BCUT2D eigenvalue weighted by Crippen LogP contribution is 2.60. The third kappa shape index (κ3) is 4.66. The van der Waals surface area contributed by atoms with Gasteiger partial charge in [0.25, 0.3) is 0 Å². The normalized spacial score (nSPS) is 16.6. The quantitative estimate of drug-likeness (QED) is 0.524. The first-order valence-electron chi connectivity index (χ1n) is 2.55. The van der Waals surface area contributed by atoms with Crippen molar-refractivity contribution in [1.29, 1.82) is 0 Å². The number of phosphoric acid groups is 2. The molecule has 0 bridgehead atoms. The summed E-state index contributed by atoms with van der Waals surface area (Å²) in [4.78, 5) is 16.5. The van der Waals surface area contributed by atoms with Gasteiger partial charge in [0.1, 0.15) is 0 Å². The van der Waals surface area contributed by atoms with Gasteiger partial charge in [-0.25, -0.2) is 9.13 Å². The average molecular weight is 218 g/mol. The summed E-state index contributed by atoms with van der Waals surface area (Å²) in [6, 6.07) is 0. The van der Waals surface area contributed by atoms with Crippen molar-refractivity contribution in [1.82, 2.24) is 0 Å². The van der Waals surface area contributed by atoms with E-state index in [0.717, 1.165) is 7.11 Å². The van der Waals surface area contributed by atoms with E-state index in [4.69, 9.17) is 9.79 Å². The van der Waals surface area contributed by atoms with Crippen LogP contribution < -0.4 is 0 Å². The van der Waals surface area contributed by atoms with Crippen molar-refractivity contribution in [2.24, 2.45) is 0 Å². The molecule has 1 unspecified atom stereocenters. The second-order valence-electron chi connectivity index (χ2n) is 1.47. The van der Waals surface area contributed by atoms with Crippen LogP contribution in [0.3, 0.4) is 0 Å². The summed E-state index contributed by atoms with van der Waals surface area (Å²) in [5.74, 6) is 0. The summed E-state index contributed by atoms with van der Waals surface area (Å²) >= 11 is 0. The predicted molar refractivity (Wildman–Crippen MR) is 39.0 cm³/mol. The van der Waals surface area contributed by atoms with Crippen LogP contribution in [0.15, 0.2) is 12.8 Å². The Hall–Kier alpha value is -0.160. The molecule has 0 aliphatic carbocycles. The van der Waals surface area contributed by atoms with E-state index < -0.39 is 15.6 Å². The monoisotopic (exact) mass is 218 g/mol. The lowest BCUT2D eigenvalue weighted by atomic mass is 11.2. The lowest BCUT2D eigenvalue weighted by molar-refractivity contribution is 0.195. The molecule has 0 saturated heterocycles. The first-order valence-corrected chi connectivity index (χ1v) is 5.54. The molecule has 0 aromatic rings. The van der Waals surface area contributed by atoms with Crippen LogP contribution in [0.2, 0.25) is 0 Å². The van der Waals surface area contributed by atoms with Crippen molar-refractivity contribution in [3.63, 3.8) is 0 Å². The molecular formula is C3H8O7P2. The molecule has 0 radical (unpaired) electrons. The summed E-state index contributed by atoms with van der Waals surface area (Å²) < 4.78 is 33.1. The predicted octanol–water partition coefficient (Wildman–Crippen LogP) is 1.01. The SMILES string of the molecule is C=COP(=O)(OC)OP(=O)(O)O. The molecule has 7 nitrogen and oxygen atoms in total. The van der Waals surface area contributed by atoms with Crippen molar-refractivity contribution >= 4 is 15.6 Å². The minimum atomic E-state index is -4.89. The minimum Gasteiger partial charge on any atom is -0.412 e. The van der Waals surface area contributed by atoms with Gasteiger partial charge in [0.2, 0.25) is 0 Å². The van der Waals surface area contributed by atoms with Gasteiger partial charge in [0, 0.05) is 7.11 Å². The van der Waals surface area contributed by atoms with E-state index in [1.807, 2.05) is 0 Å². The summed E-state index contributed by atoms with van der Waals surface area (Å²) in [5, 5.41) is 0. The first kappa shape index (κ1) is 11.8. The van der Waals surface area contributed by atoms with Crippen molar-refractivity contribution in [2.45, 2.75) is 0 Å². The highest BCUT2D eigenvalue weighted by molar-refractivity contribution is 7.61. The fourth-order valence-electron chi connectivity index (χ4n) is 0.317. The molecule has 0 aliphatic rings. The lowest BCUT2D eigenvalue weighted by Crippen LogP contribution is -1.92. The van der Waals surface area contributed by atoms with Gasteiger partial charge in [0.05, 0.1) is 6.26 Å². The zero-order valence-corrected chi connectivity index (χ0v) is 7.90. The fourth-order valence-corrected chi connectivity index (χ4v) is 2.05. The van der Waals surface area contributed by atoms with Gasteiger partial charge >= 0.3 is 15.6 Å². The van der Waals surface area contributed by atoms with Gasteiger partial charge in [-0.3, -0.25) is 4.52 Å². The minimum absolute atomic E-state index is 0.694. The maximum Gasteiger partial charge on any atom is 0.538 e. The Bertz CT molecular complexity index is 241. The van der Waals surface area contributed by atoms with E-state index in [1.165, 1.54) is 0 Å². The molecule has 1 atom stereocenters. The highest BCUT2D eigenvalue weighted by atomic mass is 31.3. The second kappa shape index (κ2) is 4.18. The average Bonchev–Trinajstić information content (AvgIpc) is 1.84. The van der Waals surface area contributed by atoms with Crippen LogP contribution in [0.4, 0.5) is 0 Å². The standard InChI is InChI=1S/C3H8O7P2/c1-3-9-12(7,8-2)10-11(4,5)6/h3H,1H2,2H3,(H2,4,5,6). The van der Waals surface area contributed by atoms with Crippen LogP contribution in [0.1, 0.15) is 0 Å². The molecule has 9 heteroatoms. The molecule has 0 fully saturated rings. The molecule has 2 N–H and O–H groups in total. The Morgan fingerprint density at radius 2 is 1.92 bits per heavy atom. The van der Waals surface area contributed by atoms with Gasteiger partial charge < -0.3 is 14.3 Å². The Morgan fingerprint density at radius 3 is 2.17 bits per heavy atom. The van der Waals surface area contributed by atoms with Gasteiger partial charge in [-0.2, -0.15) is 4.31 Å². The zero-order chi connectivity index (χ0) is 9.83. The van der Waals surface area contributed by atoms with Gasteiger partial charge in [0.15, 0.2) is 0 Å². The molecule has 0 saturated carbocycles. The van der Waals surface area contributed by atoms with Crippen LogP contribution >= 0.6 is 15.6 Å². The molecule has 12 heavy (non-hydrogen) atoms. The zero-order valence-electron chi connectivity index (χ0n) is 6.11. The Kier molecular flexibility index (Phi) is 4.13. The Labute approximate surface area is 68.8 Å². The van der Waals surface area contributed by atoms with Crippen LogP contribution in [0, 0.1) is 0 Å². The van der Waals surface area contributed by atoms with E-state index in [-0.39, 0.29) is 0 Å². The van der Waals surface area contributed by atoms with E-state index in [9.17, 15) is 9.13 Å². The maximum atomic E-state index is 11.0. The number of hydrogen-bond donors (Lipinski definition) is 2. The molecule has 0 spiro atoms. The fraction of sp³-hybridized carbons (Fsp3) is 0.333. The van der Waals surface area contributed by atoms with Crippen molar-refractivity contribution < 1.29 is 32.3 Å². The number of rotatable bonds is 5. The summed E-state index contributed by atoms with van der Waals surface area (Å²) in [7, 11) is -8.18. The molecule has 72 valence electrons. The van der Waals surface area contributed by atoms with Gasteiger partial charge in [-0.15, -0.1) is 0 Å². The van der Waals surface area contributed by atoms with Crippen LogP contribution in [0.5, 0.6) is 0 Å². The highest BCUT2D eigenvalue weighted by Gasteiger charge is 2.35. The largest absolute Gasteiger partial charge is 0.538 e.